The average molecular weight is 258 g/mol. The second-order valence-electron chi connectivity index (χ2n) is 4.83. The Morgan fingerprint density at radius 2 is 2.42 bits per heavy atom. The third kappa shape index (κ3) is 3.12. The average Bonchev–Trinajstić information content (AvgIpc) is 3.01. The molecular weight excluding hydrogens is 240 g/mol. The molecule has 0 bridgehead atoms. The Hall–Kier alpha value is -1.88. The minimum atomic E-state index is 0.598. The zero-order valence-electron chi connectivity index (χ0n) is 10.8. The number of pyridine rings is 1. The van der Waals surface area contributed by atoms with Crippen molar-refractivity contribution in [3.63, 3.8) is 0 Å². The fourth-order valence-electron chi connectivity index (χ4n) is 2.28. The van der Waals surface area contributed by atoms with Crippen LogP contribution in [0.25, 0.3) is 5.69 Å². The summed E-state index contributed by atoms with van der Waals surface area (Å²) in [5.41, 5.74) is 0.941. The van der Waals surface area contributed by atoms with Crippen molar-refractivity contribution < 1.29 is 4.74 Å². The number of nitrogens with zero attached hydrogens (tertiary/aromatic N) is 3. The lowest BCUT2D eigenvalue weighted by atomic mass is 10.0. The summed E-state index contributed by atoms with van der Waals surface area (Å²) in [6, 6.07) is 5.75. The van der Waals surface area contributed by atoms with Crippen LogP contribution in [0.5, 0.6) is 5.88 Å². The van der Waals surface area contributed by atoms with Crippen molar-refractivity contribution in [2.45, 2.75) is 12.8 Å². The normalized spacial score (nSPS) is 19.3. The topological polar surface area (TPSA) is 52.0 Å². The number of nitrogens with one attached hydrogen (secondary N) is 1. The van der Waals surface area contributed by atoms with E-state index in [0.717, 1.165) is 25.4 Å². The molecule has 0 spiro atoms. The molecule has 5 nitrogen and oxygen atoms in total. The number of ether oxygens (including phenoxy) is 1. The van der Waals surface area contributed by atoms with Gasteiger partial charge in [0, 0.05) is 30.9 Å². The SMILES string of the molecule is c1cnn(-c2ccc(OCC3CCCNC3)nc2)c1. The van der Waals surface area contributed by atoms with Crippen molar-refractivity contribution in [2.75, 3.05) is 19.7 Å². The zero-order chi connectivity index (χ0) is 12.9. The van der Waals surface area contributed by atoms with Gasteiger partial charge in [0.25, 0.3) is 0 Å². The predicted octanol–water partition coefficient (Wildman–Crippen LogP) is 1.65. The van der Waals surface area contributed by atoms with Gasteiger partial charge < -0.3 is 10.1 Å². The fourth-order valence-corrected chi connectivity index (χ4v) is 2.28. The van der Waals surface area contributed by atoms with E-state index < -0.39 is 0 Å². The standard InChI is InChI=1S/C14H18N4O/c1-3-12(9-15-6-1)11-19-14-5-4-13(10-16-14)18-8-2-7-17-18/h2,4-5,7-8,10,12,15H,1,3,6,9,11H2. The molecule has 0 aromatic carbocycles. The van der Waals surface area contributed by atoms with Crippen LogP contribution >= 0.6 is 0 Å². The molecule has 3 rings (SSSR count). The van der Waals surface area contributed by atoms with Gasteiger partial charge in [-0.25, -0.2) is 9.67 Å². The van der Waals surface area contributed by atoms with Gasteiger partial charge in [0.05, 0.1) is 18.5 Å². The summed E-state index contributed by atoms with van der Waals surface area (Å²) in [5, 5.41) is 7.55. The molecule has 0 radical (unpaired) electrons. The molecule has 1 aliphatic heterocycles. The highest BCUT2D eigenvalue weighted by Gasteiger charge is 2.13. The molecule has 1 fully saturated rings. The summed E-state index contributed by atoms with van der Waals surface area (Å²) >= 11 is 0. The Kier molecular flexibility index (Phi) is 3.74. The first-order valence-electron chi connectivity index (χ1n) is 6.71. The third-order valence-corrected chi connectivity index (χ3v) is 3.36. The molecule has 1 aliphatic rings. The summed E-state index contributed by atoms with van der Waals surface area (Å²) in [5.74, 6) is 1.28. The monoisotopic (exact) mass is 258 g/mol. The molecule has 100 valence electrons. The highest BCUT2D eigenvalue weighted by molar-refractivity contribution is 5.30. The van der Waals surface area contributed by atoms with E-state index in [0.29, 0.717) is 11.8 Å². The molecule has 0 aliphatic carbocycles. The summed E-state index contributed by atoms with van der Waals surface area (Å²) in [6.07, 6.45) is 7.89. The van der Waals surface area contributed by atoms with E-state index in [9.17, 15) is 0 Å². The molecule has 2 aromatic heterocycles. The Bertz CT molecular complexity index is 489. The van der Waals surface area contributed by atoms with E-state index in [-0.39, 0.29) is 0 Å². The predicted molar refractivity (Wildman–Crippen MR) is 72.4 cm³/mol. The zero-order valence-corrected chi connectivity index (χ0v) is 10.8. The Morgan fingerprint density at radius 3 is 3.11 bits per heavy atom. The number of hydrogen-bond acceptors (Lipinski definition) is 4. The largest absolute Gasteiger partial charge is 0.477 e. The van der Waals surface area contributed by atoms with Crippen LogP contribution in [0, 0.1) is 5.92 Å². The molecule has 19 heavy (non-hydrogen) atoms. The lowest BCUT2D eigenvalue weighted by Gasteiger charge is -2.22. The molecule has 3 heterocycles. The van der Waals surface area contributed by atoms with Crippen molar-refractivity contribution in [3.8, 4) is 11.6 Å². The number of hydrogen-bond donors (Lipinski definition) is 1. The van der Waals surface area contributed by atoms with Crippen molar-refractivity contribution in [1.82, 2.24) is 20.1 Å². The van der Waals surface area contributed by atoms with Gasteiger partial charge in [-0.05, 0) is 31.5 Å². The van der Waals surface area contributed by atoms with Gasteiger partial charge in [-0.1, -0.05) is 0 Å². The lowest BCUT2D eigenvalue weighted by Crippen LogP contribution is -2.33. The molecule has 1 atom stereocenters. The fraction of sp³-hybridized carbons (Fsp3) is 0.429. The van der Waals surface area contributed by atoms with Crippen molar-refractivity contribution in [3.05, 3.63) is 36.8 Å². The Morgan fingerprint density at radius 1 is 1.42 bits per heavy atom. The molecule has 5 heteroatoms. The van der Waals surface area contributed by atoms with Crippen LogP contribution < -0.4 is 10.1 Å². The lowest BCUT2D eigenvalue weighted by molar-refractivity contribution is 0.212. The van der Waals surface area contributed by atoms with E-state index >= 15 is 0 Å². The Labute approximate surface area is 112 Å². The molecule has 2 aromatic rings. The minimum absolute atomic E-state index is 0.598. The summed E-state index contributed by atoms with van der Waals surface area (Å²) in [4.78, 5) is 4.32. The van der Waals surface area contributed by atoms with Gasteiger partial charge in [0.1, 0.15) is 0 Å². The van der Waals surface area contributed by atoms with Crippen LogP contribution in [0.3, 0.4) is 0 Å². The van der Waals surface area contributed by atoms with E-state index in [1.165, 1.54) is 12.8 Å². The summed E-state index contributed by atoms with van der Waals surface area (Å²) in [7, 11) is 0. The number of rotatable bonds is 4. The molecule has 0 amide bonds. The second-order valence-corrected chi connectivity index (χ2v) is 4.83. The highest BCUT2D eigenvalue weighted by atomic mass is 16.5. The van der Waals surface area contributed by atoms with Crippen LogP contribution in [0.2, 0.25) is 0 Å². The van der Waals surface area contributed by atoms with Crippen LogP contribution in [-0.2, 0) is 0 Å². The smallest absolute Gasteiger partial charge is 0.213 e. The van der Waals surface area contributed by atoms with Gasteiger partial charge in [0.15, 0.2) is 0 Å². The number of aromatic nitrogens is 3. The van der Waals surface area contributed by atoms with Crippen molar-refractivity contribution in [1.29, 1.82) is 0 Å². The van der Waals surface area contributed by atoms with Gasteiger partial charge >= 0.3 is 0 Å². The van der Waals surface area contributed by atoms with Crippen LogP contribution in [0.1, 0.15) is 12.8 Å². The first-order chi connectivity index (χ1) is 9.42. The van der Waals surface area contributed by atoms with E-state index in [4.69, 9.17) is 4.74 Å². The molecular formula is C14H18N4O. The van der Waals surface area contributed by atoms with Gasteiger partial charge in [-0.3, -0.25) is 0 Å². The van der Waals surface area contributed by atoms with Gasteiger partial charge in [0.2, 0.25) is 5.88 Å². The molecule has 1 N–H and O–H groups in total. The van der Waals surface area contributed by atoms with Gasteiger partial charge in [-0.15, -0.1) is 0 Å². The molecule has 1 saturated heterocycles. The van der Waals surface area contributed by atoms with Crippen LogP contribution in [0.4, 0.5) is 0 Å². The number of piperidine rings is 1. The molecule has 0 saturated carbocycles. The van der Waals surface area contributed by atoms with Crippen molar-refractivity contribution in [2.24, 2.45) is 5.92 Å². The maximum absolute atomic E-state index is 5.74. The third-order valence-electron chi connectivity index (χ3n) is 3.36. The maximum atomic E-state index is 5.74. The Balaban J connectivity index is 1.57. The van der Waals surface area contributed by atoms with E-state index in [1.54, 1.807) is 17.1 Å². The quantitative estimate of drug-likeness (QED) is 0.906. The summed E-state index contributed by atoms with van der Waals surface area (Å²) < 4.78 is 7.52. The first kappa shape index (κ1) is 12.2. The summed E-state index contributed by atoms with van der Waals surface area (Å²) in [6.45, 7) is 2.92. The van der Waals surface area contributed by atoms with E-state index in [2.05, 4.69) is 15.4 Å². The highest BCUT2D eigenvalue weighted by Crippen LogP contribution is 2.14. The first-order valence-corrected chi connectivity index (χ1v) is 6.71. The molecule has 1 unspecified atom stereocenters. The van der Waals surface area contributed by atoms with Gasteiger partial charge in [-0.2, -0.15) is 5.10 Å². The van der Waals surface area contributed by atoms with Crippen molar-refractivity contribution >= 4 is 0 Å². The second kappa shape index (κ2) is 5.84. The van der Waals surface area contributed by atoms with E-state index in [1.807, 2.05) is 24.4 Å². The maximum Gasteiger partial charge on any atom is 0.213 e. The minimum Gasteiger partial charge on any atom is -0.477 e. The van der Waals surface area contributed by atoms with Crippen LogP contribution in [-0.4, -0.2) is 34.5 Å². The van der Waals surface area contributed by atoms with Crippen LogP contribution in [0.15, 0.2) is 36.8 Å².